The molecule has 2 N–H and O–H groups in total. The van der Waals surface area contributed by atoms with Gasteiger partial charge in [0.25, 0.3) is 0 Å². The summed E-state index contributed by atoms with van der Waals surface area (Å²) in [6.07, 6.45) is 8.15. The molecule has 4 nitrogen and oxygen atoms in total. The van der Waals surface area contributed by atoms with E-state index in [0.717, 1.165) is 18.3 Å². The summed E-state index contributed by atoms with van der Waals surface area (Å²) >= 11 is 6.11. The van der Waals surface area contributed by atoms with Gasteiger partial charge in [-0.25, -0.2) is 9.97 Å². The molecule has 1 aliphatic carbocycles. The van der Waals surface area contributed by atoms with E-state index in [9.17, 15) is 0 Å². The topological polar surface area (TPSA) is 55.0 Å². The predicted octanol–water partition coefficient (Wildman–Crippen LogP) is 2.73. The molecule has 1 aromatic rings. The van der Waals surface area contributed by atoms with Gasteiger partial charge < -0.3 is 10.6 Å². The lowest BCUT2D eigenvalue weighted by molar-refractivity contribution is 0.361. The summed E-state index contributed by atoms with van der Waals surface area (Å²) in [7, 11) is 2.02. The molecular formula is C12H19ClN4. The first-order valence-corrected chi connectivity index (χ1v) is 6.53. The summed E-state index contributed by atoms with van der Waals surface area (Å²) in [6.45, 7) is 0.996. The summed E-state index contributed by atoms with van der Waals surface area (Å²) in [5.74, 6) is 1.85. The second kappa shape index (κ2) is 5.54. The first-order chi connectivity index (χ1) is 8.18. The highest BCUT2D eigenvalue weighted by molar-refractivity contribution is 6.35. The fourth-order valence-corrected chi connectivity index (χ4v) is 2.73. The molecule has 0 bridgehead atoms. The maximum atomic E-state index is 6.11. The van der Waals surface area contributed by atoms with Crippen LogP contribution in [0.4, 0.5) is 11.6 Å². The Labute approximate surface area is 107 Å². The van der Waals surface area contributed by atoms with Crippen LogP contribution in [0.2, 0.25) is 5.02 Å². The van der Waals surface area contributed by atoms with Crippen molar-refractivity contribution in [2.75, 3.05) is 24.2 Å². The molecule has 2 rings (SSSR count). The number of hydrogen-bond acceptors (Lipinski definition) is 4. The van der Waals surface area contributed by atoms with E-state index in [-0.39, 0.29) is 0 Å². The van der Waals surface area contributed by atoms with E-state index in [2.05, 4.69) is 14.9 Å². The number of rotatable bonds is 3. The van der Waals surface area contributed by atoms with Gasteiger partial charge in [-0.15, -0.1) is 0 Å². The van der Waals surface area contributed by atoms with E-state index < -0.39 is 0 Å². The third-order valence-electron chi connectivity index (χ3n) is 3.42. The van der Waals surface area contributed by atoms with Crippen LogP contribution in [0.25, 0.3) is 0 Å². The Bertz CT molecular complexity index is 377. The molecule has 0 spiro atoms. The Balaban J connectivity index is 2.03. The summed E-state index contributed by atoms with van der Waals surface area (Å²) in [5, 5.41) is 0.464. The van der Waals surface area contributed by atoms with Crippen molar-refractivity contribution in [1.29, 1.82) is 0 Å². The quantitative estimate of drug-likeness (QED) is 0.901. The Morgan fingerprint density at radius 1 is 1.35 bits per heavy atom. The van der Waals surface area contributed by atoms with E-state index >= 15 is 0 Å². The lowest BCUT2D eigenvalue weighted by Gasteiger charge is -2.28. The van der Waals surface area contributed by atoms with E-state index in [4.69, 9.17) is 17.3 Å². The minimum absolute atomic E-state index is 0.354. The van der Waals surface area contributed by atoms with Crippen LogP contribution in [0.15, 0.2) is 6.33 Å². The van der Waals surface area contributed by atoms with Crippen LogP contribution in [0.5, 0.6) is 0 Å². The summed E-state index contributed by atoms with van der Waals surface area (Å²) < 4.78 is 0. The Kier molecular flexibility index (Phi) is 4.05. The van der Waals surface area contributed by atoms with Crippen LogP contribution in [-0.4, -0.2) is 23.6 Å². The molecule has 0 aromatic carbocycles. The van der Waals surface area contributed by atoms with Crippen molar-refractivity contribution in [2.45, 2.75) is 32.1 Å². The van der Waals surface area contributed by atoms with E-state index in [0.29, 0.717) is 10.8 Å². The highest BCUT2D eigenvalue weighted by Crippen LogP contribution is 2.29. The van der Waals surface area contributed by atoms with Crippen LogP contribution in [0.3, 0.4) is 0 Å². The number of nitrogen functional groups attached to an aromatic ring is 1. The highest BCUT2D eigenvalue weighted by atomic mass is 35.5. The van der Waals surface area contributed by atoms with E-state index in [1.54, 1.807) is 0 Å². The molecule has 1 saturated carbocycles. The maximum Gasteiger partial charge on any atom is 0.152 e. The summed E-state index contributed by atoms with van der Waals surface area (Å²) in [5.41, 5.74) is 5.68. The zero-order valence-corrected chi connectivity index (χ0v) is 11.0. The fourth-order valence-electron chi connectivity index (χ4n) is 2.48. The molecule has 1 aliphatic rings. The largest absolute Gasteiger partial charge is 0.382 e. The van der Waals surface area contributed by atoms with Crippen LogP contribution in [-0.2, 0) is 0 Å². The van der Waals surface area contributed by atoms with Gasteiger partial charge in [0.2, 0.25) is 0 Å². The second-order valence-electron chi connectivity index (χ2n) is 4.78. The molecule has 0 saturated heterocycles. The predicted molar refractivity (Wildman–Crippen MR) is 71.3 cm³/mol. The van der Waals surface area contributed by atoms with Crippen molar-refractivity contribution in [3.8, 4) is 0 Å². The van der Waals surface area contributed by atoms with Crippen molar-refractivity contribution in [1.82, 2.24) is 9.97 Å². The lowest BCUT2D eigenvalue weighted by atomic mass is 9.89. The van der Waals surface area contributed by atoms with Crippen LogP contribution in [0.1, 0.15) is 32.1 Å². The Morgan fingerprint density at radius 2 is 2.06 bits per heavy atom. The average molecular weight is 255 g/mol. The number of nitrogens with zero attached hydrogens (tertiary/aromatic N) is 3. The van der Waals surface area contributed by atoms with Gasteiger partial charge in [-0.2, -0.15) is 0 Å². The summed E-state index contributed by atoms with van der Waals surface area (Å²) in [6, 6.07) is 0. The Morgan fingerprint density at radius 3 is 2.76 bits per heavy atom. The summed E-state index contributed by atoms with van der Waals surface area (Å²) in [4.78, 5) is 10.2. The molecule has 0 atom stereocenters. The monoisotopic (exact) mass is 254 g/mol. The van der Waals surface area contributed by atoms with Gasteiger partial charge in [0.1, 0.15) is 17.2 Å². The third-order valence-corrected chi connectivity index (χ3v) is 3.78. The molecule has 94 valence electrons. The molecule has 1 heterocycles. The number of nitrogens with two attached hydrogens (primary N) is 1. The Hall–Kier alpha value is -1.03. The molecule has 1 fully saturated rings. The molecule has 0 unspecified atom stereocenters. The van der Waals surface area contributed by atoms with Crippen molar-refractivity contribution < 1.29 is 0 Å². The minimum atomic E-state index is 0.354. The molecular weight excluding hydrogens is 236 g/mol. The average Bonchev–Trinajstić information content (AvgIpc) is 2.34. The van der Waals surface area contributed by atoms with Crippen molar-refractivity contribution >= 4 is 23.2 Å². The normalized spacial score (nSPS) is 17.1. The smallest absolute Gasteiger partial charge is 0.152 e. The van der Waals surface area contributed by atoms with Gasteiger partial charge in [-0.05, 0) is 18.8 Å². The van der Waals surface area contributed by atoms with Gasteiger partial charge in [0, 0.05) is 13.6 Å². The molecule has 0 aliphatic heterocycles. The molecule has 17 heavy (non-hydrogen) atoms. The highest BCUT2D eigenvalue weighted by Gasteiger charge is 2.18. The second-order valence-corrected chi connectivity index (χ2v) is 5.16. The van der Waals surface area contributed by atoms with Crippen LogP contribution < -0.4 is 10.6 Å². The van der Waals surface area contributed by atoms with Crippen molar-refractivity contribution in [3.05, 3.63) is 11.3 Å². The number of hydrogen-bond donors (Lipinski definition) is 1. The zero-order chi connectivity index (χ0) is 12.3. The van der Waals surface area contributed by atoms with Gasteiger partial charge in [-0.1, -0.05) is 30.9 Å². The maximum absolute atomic E-state index is 6.11. The minimum Gasteiger partial charge on any atom is -0.382 e. The lowest BCUT2D eigenvalue weighted by Crippen LogP contribution is -2.28. The number of anilines is 2. The van der Waals surface area contributed by atoms with Crippen LogP contribution >= 0.6 is 11.6 Å². The molecule has 0 amide bonds. The van der Waals surface area contributed by atoms with Crippen LogP contribution in [0, 0.1) is 5.92 Å². The van der Waals surface area contributed by atoms with Gasteiger partial charge in [0.05, 0.1) is 0 Å². The fraction of sp³-hybridized carbons (Fsp3) is 0.667. The van der Waals surface area contributed by atoms with E-state index in [1.807, 2.05) is 7.05 Å². The third kappa shape index (κ3) is 3.00. The van der Waals surface area contributed by atoms with Gasteiger partial charge >= 0.3 is 0 Å². The van der Waals surface area contributed by atoms with E-state index in [1.165, 1.54) is 38.4 Å². The van der Waals surface area contributed by atoms with Gasteiger partial charge in [0.15, 0.2) is 5.82 Å². The van der Waals surface area contributed by atoms with Crippen molar-refractivity contribution in [2.24, 2.45) is 5.92 Å². The molecule has 5 heteroatoms. The number of aromatic nitrogens is 2. The number of halogens is 1. The van der Waals surface area contributed by atoms with Crippen molar-refractivity contribution in [3.63, 3.8) is 0 Å². The SMILES string of the molecule is CN(CC1CCCCC1)c1ncnc(N)c1Cl. The first kappa shape index (κ1) is 12.4. The first-order valence-electron chi connectivity index (χ1n) is 6.15. The van der Waals surface area contributed by atoms with Gasteiger partial charge in [-0.3, -0.25) is 0 Å². The zero-order valence-electron chi connectivity index (χ0n) is 10.2. The molecule has 1 aromatic heterocycles. The standard InChI is InChI=1S/C12H19ClN4/c1-17(7-9-5-3-2-4-6-9)12-10(13)11(14)15-8-16-12/h8-9H,2-7H2,1H3,(H2,14,15,16). The molecule has 0 radical (unpaired) electrons.